The predicted molar refractivity (Wildman–Crippen MR) is 108 cm³/mol. The van der Waals surface area contributed by atoms with E-state index in [1.54, 1.807) is 32.9 Å². The number of carbonyl (C=O) groups is 4. The van der Waals surface area contributed by atoms with Crippen LogP contribution in [-0.2, 0) is 30.5 Å². The lowest BCUT2D eigenvalue weighted by Gasteiger charge is -2.24. The number of hydrogen-bond acceptors (Lipinski definition) is 6. The molecule has 9 heteroatoms. The van der Waals surface area contributed by atoms with E-state index in [0.29, 0.717) is 0 Å². The van der Waals surface area contributed by atoms with E-state index in [-0.39, 0.29) is 25.6 Å². The van der Waals surface area contributed by atoms with Crippen molar-refractivity contribution >= 4 is 23.9 Å². The van der Waals surface area contributed by atoms with Gasteiger partial charge in [0.2, 0.25) is 5.91 Å². The molecule has 1 rings (SSSR count). The van der Waals surface area contributed by atoms with E-state index in [1.165, 1.54) is 6.92 Å². The van der Waals surface area contributed by atoms with Crippen molar-refractivity contribution in [3.8, 4) is 0 Å². The number of carboxylic acids is 1. The summed E-state index contributed by atoms with van der Waals surface area (Å²) in [7, 11) is 0. The Hall–Kier alpha value is -3.10. The monoisotopic (exact) mass is 422 g/mol. The van der Waals surface area contributed by atoms with Crippen molar-refractivity contribution in [2.75, 3.05) is 6.61 Å². The molecule has 0 unspecified atom stereocenters. The van der Waals surface area contributed by atoms with Gasteiger partial charge in [-0.05, 0) is 24.8 Å². The van der Waals surface area contributed by atoms with E-state index < -0.39 is 41.9 Å². The third-order valence-electron chi connectivity index (χ3n) is 4.33. The molecule has 0 saturated heterocycles. The number of carbonyl (C=O) groups excluding carboxylic acids is 3. The molecule has 0 spiro atoms. The number of alkyl carbamates (subject to hydrolysis) is 1. The van der Waals surface area contributed by atoms with Crippen LogP contribution in [0.5, 0.6) is 0 Å². The van der Waals surface area contributed by atoms with Crippen molar-refractivity contribution in [3.05, 3.63) is 35.9 Å². The van der Waals surface area contributed by atoms with Crippen LogP contribution in [-0.4, -0.2) is 47.7 Å². The zero-order chi connectivity index (χ0) is 22.7. The van der Waals surface area contributed by atoms with Crippen LogP contribution < -0.4 is 10.6 Å². The number of rotatable bonds is 11. The van der Waals surface area contributed by atoms with Gasteiger partial charge in [0.1, 0.15) is 18.7 Å². The first-order valence-corrected chi connectivity index (χ1v) is 9.82. The van der Waals surface area contributed by atoms with E-state index in [4.69, 9.17) is 9.47 Å². The SMILES string of the molecule is CCOC(=O)[C@@H](C)C[C@H](NC(=O)[C@H](NC(=O)OCc1ccccc1)C(C)C)C(=O)O. The average Bonchev–Trinajstić information content (AvgIpc) is 2.70. The van der Waals surface area contributed by atoms with Crippen molar-refractivity contribution in [1.82, 2.24) is 10.6 Å². The molecule has 0 aliphatic rings. The maximum absolute atomic E-state index is 12.6. The standard InChI is InChI=1S/C21H30N2O7/c1-5-29-20(27)14(4)11-16(19(25)26)22-18(24)17(13(2)3)23-21(28)30-12-15-9-7-6-8-10-15/h6-10,13-14,16-17H,5,11-12H2,1-4H3,(H,22,24)(H,23,28)(H,25,26)/t14-,16-,17+/m0/s1. The zero-order valence-electron chi connectivity index (χ0n) is 17.7. The van der Waals surface area contributed by atoms with Gasteiger partial charge in [-0.15, -0.1) is 0 Å². The molecule has 3 atom stereocenters. The van der Waals surface area contributed by atoms with Crippen molar-refractivity contribution in [2.45, 2.75) is 52.8 Å². The summed E-state index contributed by atoms with van der Waals surface area (Å²) in [6.07, 6.45) is -0.928. The van der Waals surface area contributed by atoms with Crippen molar-refractivity contribution < 1.29 is 33.8 Å². The lowest BCUT2D eigenvalue weighted by molar-refractivity contribution is -0.149. The summed E-state index contributed by atoms with van der Waals surface area (Å²) in [6.45, 7) is 6.80. The molecule has 9 nitrogen and oxygen atoms in total. The summed E-state index contributed by atoms with van der Waals surface area (Å²) in [5.41, 5.74) is 0.789. The maximum Gasteiger partial charge on any atom is 0.408 e. The quantitative estimate of drug-likeness (QED) is 0.465. The minimum absolute atomic E-state index is 0.0356. The summed E-state index contributed by atoms with van der Waals surface area (Å²) in [5.74, 6) is -3.54. The molecule has 166 valence electrons. The minimum Gasteiger partial charge on any atom is -0.480 e. The fourth-order valence-electron chi connectivity index (χ4n) is 2.64. The Bertz CT molecular complexity index is 721. The van der Waals surface area contributed by atoms with E-state index in [0.717, 1.165) is 5.56 Å². The number of ether oxygens (including phenoxy) is 2. The molecule has 1 aromatic rings. The van der Waals surface area contributed by atoms with E-state index in [1.807, 2.05) is 18.2 Å². The molecule has 0 aliphatic carbocycles. The first-order valence-electron chi connectivity index (χ1n) is 9.82. The van der Waals surface area contributed by atoms with Crippen LogP contribution in [0.25, 0.3) is 0 Å². The first kappa shape index (κ1) is 24.9. The highest BCUT2D eigenvalue weighted by molar-refractivity contribution is 5.89. The average molecular weight is 422 g/mol. The molecule has 3 N–H and O–H groups in total. The van der Waals surface area contributed by atoms with Crippen molar-refractivity contribution in [2.24, 2.45) is 11.8 Å². The number of nitrogens with one attached hydrogen (secondary N) is 2. The van der Waals surface area contributed by atoms with Crippen molar-refractivity contribution in [1.29, 1.82) is 0 Å². The Morgan fingerprint density at radius 1 is 1.00 bits per heavy atom. The summed E-state index contributed by atoms with van der Waals surface area (Å²) < 4.78 is 10.00. The van der Waals surface area contributed by atoms with Gasteiger partial charge in [0, 0.05) is 0 Å². The summed E-state index contributed by atoms with van der Waals surface area (Å²) in [4.78, 5) is 48.0. The Kier molecular flexibility index (Phi) is 10.4. The fraction of sp³-hybridized carbons (Fsp3) is 0.524. The summed E-state index contributed by atoms with van der Waals surface area (Å²) in [6, 6.07) is 6.73. The van der Waals surface area contributed by atoms with Gasteiger partial charge in [-0.1, -0.05) is 51.1 Å². The molecule has 0 bridgehead atoms. The van der Waals surface area contributed by atoms with Gasteiger partial charge in [-0.3, -0.25) is 9.59 Å². The lowest BCUT2D eigenvalue weighted by atomic mass is 9.99. The number of esters is 1. The van der Waals surface area contributed by atoms with Gasteiger partial charge in [0.05, 0.1) is 12.5 Å². The van der Waals surface area contributed by atoms with Gasteiger partial charge in [0.25, 0.3) is 0 Å². The smallest absolute Gasteiger partial charge is 0.408 e. The predicted octanol–water partition coefficient (Wildman–Crippen LogP) is 2.10. The third-order valence-corrected chi connectivity index (χ3v) is 4.33. The van der Waals surface area contributed by atoms with Crippen LogP contribution in [0.2, 0.25) is 0 Å². The number of hydrogen-bond donors (Lipinski definition) is 3. The molecular weight excluding hydrogens is 392 g/mol. The van der Waals surface area contributed by atoms with Crippen LogP contribution >= 0.6 is 0 Å². The highest BCUT2D eigenvalue weighted by Crippen LogP contribution is 2.11. The molecule has 0 radical (unpaired) electrons. The molecular formula is C21H30N2O7. The maximum atomic E-state index is 12.6. The van der Waals surface area contributed by atoms with E-state index in [9.17, 15) is 24.3 Å². The molecule has 0 saturated carbocycles. The number of amides is 2. The molecule has 30 heavy (non-hydrogen) atoms. The summed E-state index contributed by atoms with van der Waals surface area (Å²) >= 11 is 0. The van der Waals surface area contributed by atoms with Crippen LogP contribution in [0.15, 0.2) is 30.3 Å². The molecule has 2 amide bonds. The van der Waals surface area contributed by atoms with Gasteiger partial charge in [0.15, 0.2) is 0 Å². The van der Waals surface area contributed by atoms with Crippen LogP contribution in [0.1, 0.15) is 39.7 Å². The van der Waals surface area contributed by atoms with Gasteiger partial charge in [-0.25, -0.2) is 9.59 Å². The Labute approximate surface area is 176 Å². The van der Waals surface area contributed by atoms with Crippen LogP contribution in [0.4, 0.5) is 4.79 Å². The lowest BCUT2D eigenvalue weighted by Crippen LogP contribution is -2.54. The summed E-state index contributed by atoms with van der Waals surface area (Å²) in [5, 5.41) is 14.3. The van der Waals surface area contributed by atoms with Gasteiger partial charge < -0.3 is 25.2 Å². The highest BCUT2D eigenvalue weighted by Gasteiger charge is 2.31. The Balaban J connectivity index is 2.70. The van der Waals surface area contributed by atoms with Crippen molar-refractivity contribution in [3.63, 3.8) is 0 Å². The number of benzene rings is 1. The number of carboxylic acid groups (broad SMARTS) is 1. The largest absolute Gasteiger partial charge is 0.480 e. The highest BCUT2D eigenvalue weighted by atomic mass is 16.5. The molecule has 0 aromatic heterocycles. The Morgan fingerprint density at radius 2 is 1.63 bits per heavy atom. The molecule has 0 aliphatic heterocycles. The van der Waals surface area contributed by atoms with Crippen LogP contribution in [0.3, 0.4) is 0 Å². The second kappa shape index (κ2) is 12.5. The first-order chi connectivity index (χ1) is 14.1. The molecule has 0 heterocycles. The zero-order valence-corrected chi connectivity index (χ0v) is 17.7. The van der Waals surface area contributed by atoms with Gasteiger partial charge in [-0.2, -0.15) is 0 Å². The normalized spacial score (nSPS) is 13.6. The topological polar surface area (TPSA) is 131 Å². The number of aliphatic carboxylic acids is 1. The third kappa shape index (κ3) is 8.50. The molecule has 0 fully saturated rings. The molecule has 1 aromatic carbocycles. The minimum atomic E-state index is -1.31. The second-order valence-corrected chi connectivity index (χ2v) is 7.22. The van der Waals surface area contributed by atoms with Gasteiger partial charge >= 0.3 is 18.0 Å². The van der Waals surface area contributed by atoms with E-state index >= 15 is 0 Å². The van der Waals surface area contributed by atoms with Crippen LogP contribution in [0, 0.1) is 11.8 Å². The Morgan fingerprint density at radius 3 is 2.17 bits per heavy atom. The second-order valence-electron chi connectivity index (χ2n) is 7.22. The fourth-order valence-corrected chi connectivity index (χ4v) is 2.64. The van der Waals surface area contributed by atoms with E-state index in [2.05, 4.69) is 10.6 Å².